The highest BCUT2D eigenvalue weighted by Crippen LogP contribution is 2.29. The molecule has 100 valence electrons. The van der Waals surface area contributed by atoms with Gasteiger partial charge < -0.3 is 10.1 Å². The summed E-state index contributed by atoms with van der Waals surface area (Å²) in [6.45, 7) is 4.69. The molecular formula is C16H18ClNO. The fourth-order valence-corrected chi connectivity index (χ4v) is 2.38. The van der Waals surface area contributed by atoms with Gasteiger partial charge in [-0.15, -0.1) is 12.4 Å². The van der Waals surface area contributed by atoms with E-state index in [-0.39, 0.29) is 12.4 Å². The highest BCUT2D eigenvalue weighted by molar-refractivity contribution is 5.85. The van der Waals surface area contributed by atoms with Crippen LogP contribution in [-0.4, -0.2) is 13.2 Å². The van der Waals surface area contributed by atoms with E-state index < -0.39 is 0 Å². The second-order valence-electron chi connectivity index (χ2n) is 4.66. The largest absolute Gasteiger partial charge is 0.492 e. The maximum absolute atomic E-state index is 5.71. The average Bonchev–Trinajstić information content (AvgIpc) is 2.63. The third-order valence-corrected chi connectivity index (χ3v) is 3.37. The first-order valence-corrected chi connectivity index (χ1v) is 6.37. The molecule has 0 atom stereocenters. The molecule has 0 spiro atoms. The lowest BCUT2D eigenvalue weighted by Crippen LogP contribution is -2.16. The minimum atomic E-state index is 0. The summed E-state index contributed by atoms with van der Waals surface area (Å²) in [6, 6.07) is 14.9. The van der Waals surface area contributed by atoms with Crippen molar-refractivity contribution in [1.29, 1.82) is 0 Å². The van der Waals surface area contributed by atoms with Gasteiger partial charge in [-0.25, -0.2) is 0 Å². The van der Waals surface area contributed by atoms with Crippen molar-refractivity contribution in [3.05, 3.63) is 53.6 Å². The van der Waals surface area contributed by atoms with Crippen LogP contribution in [0, 0.1) is 6.92 Å². The Morgan fingerprint density at radius 1 is 1.11 bits per heavy atom. The van der Waals surface area contributed by atoms with Crippen LogP contribution in [0.2, 0.25) is 0 Å². The second-order valence-corrected chi connectivity index (χ2v) is 4.66. The molecule has 0 saturated heterocycles. The number of hydrogen-bond donors (Lipinski definition) is 1. The molecule has 1 aliphatic rings. The number of halogens is 1. The number of fused-ring (bicyclic) bond motifs is 1. The molecule has 2 aromatic carbocycles. The molecular weight excluding hydrogens is 258 g/mol. The van der Waals surface area contributed by atoms with Crippen LogP contribution < -0.4 is 10.1 Å². The Hall–Kier alpha value is -1.51. The predicted octanol–water partition coefficient (Wildman–Crippen LogP) is 3.57. The summed E-state index contributed by atoms with van der Waals surface area (Å²) in [7, 11) is 0. The third kappa shape index (κ3) is 2.91. The molecule has 3 rings (SSSR count). The molecule has 1 heterocycles. The lowest BCUT2D eigenvalue weighted by Gasteiger charge is -2.10. The molecule has 3 heteroatoms. The topological polar surface area (TPSA) is 21.3 Å². The first kappa shape index (κ1) is 13.9. The Bertz CT molecular complexity index is 568. The van der Waals surface area contributed by atoms with E-state index >= 15 is 0 Å². The van der Waals surface area contributed by atoms with E-state index in [1.807, 2.05) is 0 Å². The summed E-state index contributed by atoms with van der Waals surface area (Å²) < 4.78 is 5.71. The molecule has 0 amide bonds. The number of benzene rings is 2. The molecule has 0 fully saturated rings. The lowest BCUT2D eigenvalue weighted by atomic mass is 9.98. The van der Waals surface area contributed by atoms with Crippen molar-refractivity contribution in [3.8, 4) is 16.9 Å². The van der Waals surface area contributed by atoms with E-state index in [1.165, 1.54) is 22.3 Å². The van der Waals surface area contributed by atoms with Crippen molar-refractivity contribution in [1.82, 2.24) is 5.32 Å². The Labute approximate surface area is 120 Å². The van der Waals surface area contributed by atoms with Crippen molar-refractivity contribution in [2.45, 2.75) is 13.5 Å². The van der Waals surface area contributed by atoms with Crippen LogP contribution >= 0.6 is 12.4 Å². The van der Waals surface area contributed by atoms with E-state index in [0.29, 0.717) is 0 Å². The zero-order chi connectivity index (χ0) is 12.4. The van der Waals surface area contributed by atoms with E-state index in [9.17, 15) is 0 Å². The van der Waals surface area contributed by atoms with Gasteiger partial charge in [-0.1, -0.05) is 30.3 Å². The fraction of sp³-hybridized carbons (Fsp3) is 0.250. The molecule has 0 bridgehead atoms. The van der Waals surface area contributed by atoms with Crippen LogP contribution in [-0.2, 0) is 6.54 Å². The molecule has 0 unspecified atom stereocenters. The minimum Gasteiger partial charge on any atom is -0.492 e. The number of hydrogen-bond acceptors (Lipinski definition) is 2. The van der Waals surface area contributed by atoms with Gasteiger partial charge in [0.25, 0.3) is 0 Å². The van der Waals surface area contributed by atoms with Gasteiger partial charge in [0.2, 0.25) is 0 Å². The smallest absolute Gasteiger partial charge is 0.123 e. The summed E-state index contributed by atoms with van der Waals surface area (Å²) in [5, 5.41) is 3.37. The van der Waals surface area contributed by atoms with Crippen LogP contribution in [0.5, 0.6) is 5.75 Å². The zero-order valence-electron chi connectivity index (χ0n) is 11.0. The number of aryl methyl sites for hydroxylation is 1. The molecule has 2 aromatic rings. The van der Waals surface area contributed by atoms with Crippen molar-refractivity contribution in [2.75, 3.05) is 13.2 Å². The summed E-state index contributed by atoms with van der Waals surface area (Å²) in [6.07, 6.45) is 0. The summed E-state index contributed by atoms with van der Waals surface area (Å²) in [4.78, 5) is 0. The average molecular weight is 276 g/mol. The normalized spacial score (nSPS) is 13.7. The lowest BCUT2D eigenvalue weighted by molar-refractivity contribution is 0.326. The molecule has 19 heavy (non-hydrogen) atoms. The molecule has 2 nitrogen and oxygen atoms in total. The summed E-state index contributed by atoms with van der Waals surface area (Å²) >= 11 is 0. The van der Waals surface area contributed by atoms with Gasteiger partial charge in [0.1, 0.15) is 12.4 Å². The quantitative estimate of drug-likeness (QED) is 0.859. The minimum absolute atomic E-state index is 0. The van der Waals surface area contributed by atoms with Gasteiger partial charge in [0.05, 0.1) is 0 Å². The number of rotatable bonds is 1. The maximum atomic E-state index is 5.71. The van der Waals surface area contributed by atoms with Gasteiger partial charge in [-0.3, -0.25) is 0 Å². The van der Waals surface area contributed by atoms with Gasteiger partial charge in [-0.05, 0) is 35.7 Å². The van der Waals surface area contributed by atoms with Gasteiger partial charge in [-0.2, -0.15) is 0 Å². The fourth-order valence-electron chi connectivity index (χ4n) is 2.38. The van der Waals surface area contributed by atoms with Crippen LogP contribution in [0.4, 0.5) is 0 Å². The van der Waals surface area contributed by atoms with Crippen molar-refractivity contribution < 1.29 is 4.74 Å². The monoisotopic (exact) mass is 275 g/mol. The van der Waals surface area contributed by atoms with E-state index in [2.05, 4.69) is 54.7 Å². The molecule has 0 aliphatic carbocycles. The molecule has 1 aliphatic heterocycles. The van der Waals surface area contributed by atoms with E-state index in [1.54, 1.807) is 0 Å². The van der Waals surface area contributed by atoms with Gasteiger partial charge in [0.15, 0.2) is 0 Å². The molecule has 0 saturated carbocycles. The van der Waals surface area contributed by atoms with Crippen molar-refractivity contribution >= 4 is 12.4 Å². The Morgan fingerprint density at radius 3 is 2.79 bits per heavy atom. The zero-order valence-corrected chi connectivity index (χ0v) is 11.8. The Kier molecular flexibility index (Phi) is 4.46. The molecule has 0 radical (unpaired) electrons. The highest BCUT2D eigenvalue weighted by atomic mass is 35.5. The first-order chi connectivity index (χ1) is 8.84. The molecule has 0 aromatic heterocycles. The van der Waals surface area contributed by atoms with E-state index in [0.717, 1.165) is 25.4 Å². The standard InChI is InChI=1S/C16H17NO.ClH/c1-12-4-2-3-5-15(12)13-6-7-16-14(10-13)11-17-8-9-18-16;/h2-7,10,17H,8-9,11H2,1H3;1H. The number of ether oxygens (including phenoxy) is 1. The van der Waals surface area contributed by atoms with Crippen molar-refractivity contribution in [3.63, 3.8) is 0 Å². The van der Waals surface area contributed by atoms with Crippen molar-refractivity contribution in [2.24, 2.45) is 0 Å². The second kappa shape index (κ2) is 6.09. The van der Waals surface area contributed by atoms with E-state index in [4.69, 9.17) is 4.74 Å². The van der Waals surface area contributed by atoms with Gasteiger partial charge in [0, 0.05) is 18.7 Å². The first-order valence-electron chi connectivity index (χ1n) is 6.37. The van der Waals surface area contributed by atoms with Crippen LogP contribution in [0.1, 0.15) is 11.1 Å². The predicted molar refractivity (Wildman–Crippen MR) is 81.1 cm³/mol. The summed E-state index contributed by atoms with van der Waals surface area (Å²) in [5.41, 5.74) is 5.11. The van der Waals surface area contributed by atoms with Crippen LogP contribution in [0.25, 0.3) is 11.1 Å². The maximum Gasteiger partial charge on any atom is 0.123 e. The van der Waals surface area contributed by atoms with Gasteiger partial charge >= 0.3 is 0 Å². The Morgan fingerprint density at radius 2 is 1.95 bits per heavy atom. The summed E-state index contributed by atoms with van der Waals surface area (Å²) in [5.74, 6) is 1.01. The van der Waals surface area contributed by atoms with Crippen LogP contribution in [0.3, 0.4) is 0 Å². The third-order valence-electron chi connectivity index (χ3n) is 3.37. The highest BCUT2D eigenvalue weighted by Gasteiger charge is 2.10. The Balaban J connectivity index is 0.00000133. The number of nitrogens with one attached hydrogen (secondary N) is 1. The SMILES string of the molecule is Cc1ccccc1-c1ccc2c(c1)CNCCO2.Cl. The van der Waals surface area contributed by atoms with Crippen LogP contribution in [0.15, 0.2) is 42.5 Å². The molecule has 1 N–H and O–H groups in total.